The van der Waals surface area contributed by atoms with Gasteiger partial charge in [-0.05, 0) is 13.0 Å². The fourth-order valence-corrected chi connectivity index (χ4v) is 1.68. The van der Waals surface area contributed by atoms with E-state index in [-0.39, 0.29) is 18.3 Å². The van der Waals surface area contributed by atoms with E-state index in [9.17, 15) is 9.18 Å². The second-order valence-electron chi connectivity index (χ2n) is 5.85. The summed E-state index contributed by atoms with van der Waals surface area (Å²) in [5.74, 6) is -0.427. The van der Waals surface area contributed by atoms with Crippen molar-refractivity contribution in [2.24, 2.45) is 5.41 Å². The van der Waals surface area contributed by atoms with E-state index in [1.165, 1.54) is 13.2 Å². The second kappa shape index (κ2) is 5.70. The lowest BCUT2D eigenvalue weighted by Gasteiger charge is -2.30. The zero-order valence-electron chi connectivity index (χ0n) is 12.2. The van der Waals surface area contributed by atoms with Gasteiger partial charge in [-0.3, -0.25) is 4.79 Å². The minimum absolute atomic E-state index is 0.0906. The lowest BCUT2D eigenvalue weighted by Crippen LogP contribution is -2.44. The fourth-order valence-electron chi connectivity index (χ4n) is 1.68. The molecule has 0 saturated heterocycles. The molecule has 0 aliphatic carbocycles. The van der Waals surface area contributed by atoms with Gasteiger partial charge in [-0.15, -0.1) is 0 Å². The Morgan fingerprint density at radius 2 is 1.84 bits per heavy atom. The molecule has 0 aliphatic rings. The quantitative estimate of drug-likeness (QED) is 0.911. The maximum Gasteiger partial charge on any atom is 0.225 e. The Labute approximate surface area is 114 Å². The van der Waals surface area contributed by atoms with Crippen LogP contribution in [0.1, 0.15) is 33.3 Å². The van der Waals surface area contributed by atoms with Crippen LogP contribution >= 0.6 is 0 Å². The number of ether oxygens (including phenoxy) is 1. The standard InChI is InChI=1S/C15H22FNO2/c1-14(2,3)13(18)17-10-15(4,19-5)11-8-6-7-9-12(11)16/h6-9H,10H2,1-5H3,(H,17,18). The Bertz CT molecular complexity index is 454. The lowest BCUT2D eigenvalue weighted by atomic mass is 9.92. The molecule has 1 unspecified atom stereocenters. The molecule has 0 aromatic heterocycles. The Morgan fingerprint density at radius 1 is 1.26 bits per heavy atom. The van der Waals surface area contributed by atoms with Gasteiger partial charge in [0, 0.05) is 18.1 Å². The highest BCUT2D eigenvalue weighted by molar-refractivity contribution is 5.81. The van der Waals surface area contributed by atoms with Gasteiger partial charge >= 0.3 is 0 Å². The normalized spacial score (nSPS) is 14.8. The van der Waals surface area contributed by atoms with Crippen molar-refractivity contribution in [1.29, 1.82) is 0 Å². The highest BCUT2D eigenvalue weighted by Crippen LogP contribution is 2.26. The molecular weight excluding hydrogens is 245 g/mol. The second-order valence-corrected chi connectivity index (χ2v) is 5.85. The van der Waals surface area contributed by atoms with Crippen molar-refractivity contribution in [3.05, 3.63) is 35.6 Å². The van der Waals surface area contributed by atoms with Crippen molar-refractivity contribution in [1.82, 2.24) is 5.32 Å². The molecule has 106 valence electrons. The molecule has 1 rings (SSSR count). The zero-order valence-corrected chi connectivity index (χ0v) is 12.2. The average Bonchev–Trinajstić information content (AvgIpc) is 2.35. The van der Waals surface area contributed by atoms with Gasteiger partial charge in [-0.1, -0.05) is 39.0 Å². The number of methoxy groups -OCH3 is 1. The van der Waals surface area contributed by atoms with Gasteiger partial charge in [0.15, 0.2) is 0 Å². The van der Waals surface area contributed by atoms with Crippen molar-refractivity contribution < 1.29 is 13.9 Å². The summed E-state index contributed by atoms with van der Waals surface area (Å²) in [5, 5.41) is 2.81. The average molecular weight is 267 g/mol. The van der Waals surface area contributed by atoms with Crippen LogP contribution in [-0.2, 0) is 15.1 Å². The van der Waals surface area contributed by atoms with Gasteiger partial charge in [0.25, 0.3) is 0 Å². The van der Waals surface area contributed by atoms with Crippen molar-refractivity contribution in [2.45, 2.75) is 33.3 Å². The predicted octanol–water partition coefficient (Wildman–Crippen LogP) is 2.85. The molecule has 3 nitrogen and oxygen atoms in total. The molecule has 0 bridgehead atoms. The van der Waals surface area contributed by atoms with E-state index in [4.69, 9.17) is 4.74 Å². The van der Waals surface area contributed by atoms with E-state index in [1.807, 2.05) is 20.8 Å². The molecule has 0 aliphatic heterocycles. The Morgan fingerprint density at radius 3 is 2.32 bits per heavy atom. The molecule has 1 N–H and O–H groups in total. The minimum Gasteiger partial charge on any atom is -0.372 e. The first-order valence-electron chi connectivity index (χ1n) is 6.29. The van der Waals surface area contributed by atoms with E-state index in [1.54, 1.807) is 25.1 Å². The lowest BCUT2D eigenvalue weighted by molar-refractivity contribution is -0.130. The number of rotatable bonds is 4. The molecule has 0 radical (unpaired) electrons. The van der Waals surface area contributed by atoms with E-state index in [0.717, 1.165) is 0 Å². The van der Waals surface area contributed by atoms with Crippen LogP contribution in [0, 0.1) is 11.2 Å². The number of hydrogen-bond donors (Lipinski definition) is 1. The van der Waals surface area contributed by atoms with Gasteiger partial charge in [0.05, 0.1) is 6.54 Å². The van der Waals surface area contributed by atoms with Crippen molar-refractivity contribution in [3.63, 3.8) is 0 Å². The van der Waals surface area contributed by atoms with Crippen LogP contribution in [0.2, 0.25) is 0 Å². The van der Waals surface area contributed by atoms with Crippen LogP contribution in [0.3, 0.4) is 0 Å². The van der Waals surface area contributed by atoms with Gasteiger partial charge in [0.1, 0.15) is 11.4 Å². The summed E-state index contributed by atoms with van der Waals surface area (Å²) >= 11 is 0. The SMILES string of the molecule is COC(C)(CNC(=O)C(C)(C)C)c1ccccc1F. The van der Waals surface area contributed by atoms with E-state index in [0.29, 0.717) is 5.56 Å². The zero-order chi connectivity index (χ0) is 14.7. The number of nitrogens with one attached hydrogen (secondary N) is 1. The summed E-state index contributed by atoms with van der Waals surface area (Å²) < 4.78 is 19.3. The number of halogens is 1. The van der Waals surface area contributed by atoms with Crippen LogP contribution in [0.15, 0.2) is 24.3 Å². The monoisotopic (exact) mass is 267 g/mol. The van der Waals surface area contributed by atoms with Gasteiger partial charge in [-0.25, -0.2) is 4.39 Å². The van der Waals surface area contributed by atoms with Gasteiger partial charge in [0.2, 0.25) is 5.91 Å². The van der Waals surface area contributed by atoms with E-state index < -0.39 is 11.0 Å². The summed E-state index contributed by atoms with van der Waals surface area (Å²) in [6, 6.07) is 6.43. The van der Waals surface area contributed by atoms with Gasteiger partial charge in [-0.2, -0.15) is 0 Å². The van der Waals surface area contributed by atoms with Crippen molar-refractivity contribution >= 4 is 5.91 Å². The smallest absolute Gasteiger partial charge is 0.225 e. The third-order valence-corrected chi connectivity index (χ3v) is 3.16. The fraction of sp³-hybridized carbons (Fsp3) is 0.533. The first-order chi connectivity index (χ1) is 8.70. The largest absolute Gasteiger partial charge is 0.372 e. The van der Waals surface area contributed by atoms with E-state index >= 15 is 0 Å². The van der Waals surface area contributed by atoms with E-state index in [2.05, 4.69) is 5.32 Å². The Balaban J connectivity index is 2.88. The van der Waals surface area contributed by atoms with Crippen LogP contribution in [-0.4, -0.2) is 19.6 Å². The third kappa shape index (κ3) is 3.77. The molecule has 1 amide bonds. The van der Waals surface area contributed by atoms with Crippen LogP contribution < -0.4 is 5.32 Å². The topological polar surface area (TPSA) is 38.3 Å². The number of carbonyl (C=O) groups excluding carboxylic acids is 1. The van der Waals surface area contributed by atoms with Crippen molar-refractivity contribution in [3.8, 4) is 0 Å². The Kier molecular flexibility index (Phi) is 4.69. The first kappa shape index (κ1) is 15.6. The van der Waals surface area contributed by atoms with Crippen LogP contribution in [0.4, 0.5) is 4.39 Å². The first-order valence-corrected chi connectivity index (χ1v) is 6.29. The van der Waals surface area contributed by atoms with Crippen molar-refractivity contribution in [2.75, 3.05) is 13.7 Å². The number of hydrogen-bond acceptors (Lipinski definition) is 2. The summed E-state index contributed by atoms with van der Waals surface area (Å²) in [6.45, 7) is 7.47. The van der Waals surface area contributed by atoms with Crippen LogP contribution in [0.5, 0.6) is 0 Å². The number of carbonyl (C=O) groups is 1. The predicted molar refractivity (Wildman–Crippen MR) is 73.2 cm³/mol. The molecular formula is C15H22FNO2. The number of benzene rings is 1. The highest BCUT2D eigenvalue weighted by atomic mass is 19.1. The molecule has 1 atom stereocenters. The Hall–Kier alpha value is -1.42. The summed E-state index contributed by atoms with van der Waals surface area (Å²) in [7, 11) is 1.51. The molecule has 0 saturated carbocycles. The molecule has 1 aromatic carbocycles. The maximum absolute atomic E-state index is 13.8. The molecule has 0 heterocycles. The highest BCUT2D eigenvalue weighted by Gasteiger charge is 2.31. The number of amides is 1. The summed E-state index contributed by atoms with van der Waals surface area (Å²) in [5.41, 5.74) is -0.928. The minimum atomic E-state index is -0.883. The maximum atomic E-state index is 13.8. The van der Waals surface area contributed by atoms with Gasteiger partial charge < -0.3 is 10.1 Å². The molecule has 19 heavy (non-hydrogen) atoms. The molecule has 1 aromatic rings. The molecule has 4 heteroatoms. The molecule has 0 spiro atoms. The summed E-state index contributed by atoms with van der Waals surface area (Å²) in [4.78, 5) is 11.9. The summed E-state index contributed by atoms with van der Waals surface area (Å²) in [6.07, 6.45) is 0. The third-order valence-electron chi connectivity index (χ3n) is 3.16. The van der Waals surface area contributed by atoms with Crippen LogP contribution in [0.25, 0.3) is 0 Å². The molecule has 0 fully saturated rings.